The van der Waals surface area contributed by atoms with E-state index in [9.17, 15) is 4.79 Å². The number of rotatable bonds is 5. The summed E-state index contributed by atoms with van der Waals surface area (Å²) in [6.45, 7) is 5.19. The van der Waals surface area contributed by atoms with E-state index < -0.39 is 0 Å². The van der Waals surface area contributed by atoms with E-state index >= 15 is 0 Å². The van der Waals surface area contributed by atoms with Gasteiger partial charge in [0.05, 0.1) is 5.56 Å². The zero-order valence-electron chi connectivity index (χ0n) is 16.6. The minimum Gasteiger partial charge on any atom is -0.356 e. The molecule has 1 aromatic heterocycles. The van der Waals surface area contributed by atoms with Gasteiger partial charge in [0.2, 0.25) is 0 Å². The third-order valence-corrected chi connectivity index (χ3v) is 6.83. The molecule has 4 rings (SSSR count). The molecule has 0 bridgehead atoms. The number of pyridine rings is 1. The van der Waals surface area contributed by atoms with Crippen LogP contribution < -0.4 is 10.2 Å². The molecular formula is C22H34N4O. The molecule has 2 aliphatic heterocycles. The summed E-state index contributed by atoms with van der Waals surface area (Å²) < 4.78 is 0. The summed E-state index contributed by atoms with van der Waals surface area (Å²) >= 11 is 0. The van der Waals surface area contributed by atoms with Gasteiger partial charge in [0.15, 0.2) is 0 Å². The third kappa shape index (κ3) is 4.13. The lowest BCUT2D eigenvalue weighted by Gasteiger charge is -2.48. The van der Waals surface area contributed by atoms with Crippen LogP contribution in [0.25, 0.3) is 0 Å². The smallest absolute Gasteiger partial charge is 0.255 e. The number of carbonyl (C=O) groups excluding carboxylic acids is 1. The van der Waals surface area contributed by atoms with Crippen LogP contribution in [-0.2, 0) is 0 Å². The normalized spacial score (nSPS) is 23.3. The van der Waals surface area contributed by atoms with Gasteiger partial charge in [0.1, 0.15) is 5.82 Å². The topological polar surface area (TPSA) is 48.5 Å². The van der Waals surface area contributed by atoms with Crippen LogP contribution in [0.1, 0.15) is 74.6 Å². The lowest BCUT2D eigenvalue weighted by atomic mass is 9.79. The van der Waals surface area contributed by atoms with Crippen molar-refractivity contribution in [3.05, 3.63) is 23.9 Å². The van der Waals surface area contributed by atoms with E-state index in [4.69, 9.17) is 0 Å². The molecule has 0 aromatic carbocycles. The Balaban J connectivity index is 1.47. The first-order valence-electron chi connectivity index (χ1n) is 11.0. The first kappa shape index (κ1) is 18.7. The predicted molar refractivity (Wildman–Crippen MR) is 109 cm³/mol. The molecule has 3 aliphatic rings. The van der Waals surface area contributed by atoms with E-state index in [2.05, 4.69) is 20.1 Å². The van der Waals surface area contributed by atoms with Crippen LogP contribution in [0.4, 0.5) is 5.82 Å². The number of amides is 1. The van der Waals surface area contributed by atoms with Crippen molar-refractivity contribution in [3.63, 3.8) is 0 Å². The Kier molecular flexibility index (Phi) is 5.96. The lowest BCUT2D eigenvalue weighted by molar-refractivity contribution is 0.0327. The van der Waals surface area contributed by atoms with Crippen LogP contribution in [0.2, 0.25) is 0 Å². The number of hydrogen-bond acceptors (Lipinski definition) is 4. The molecular weight excluding hydrogens is 336 g/mol. The fraction of sp³-hybridized carbons (Fsp3) is 0.727. The number of nitrogens with one attached hydrogen (secondary N) is 1. The summed E-state index contributed by atoms with van der Waals surface area (Å²) in [5.74, 6) is 0.912. The van der Waals surface area contributed by atoms with Gasteiger partial charge < -0.3 is 10.2 Å². The maximum atomic E-state index is 13.1. The van der Waals surface area contributed by atoms with Gasteiger partial charge in [-0.2, -0.15) is 0 Å². The minimum absolute atomic E-state index is 0.0481. The lowest BCUT2D eigenvalue weighted by Crippen LogP contribution is -2.58. The van der Waals surface area contributed by atoms with E-state index in [0.717, 1.165) is 31.0 Å². The van der Waals surface area contributed by atoms with E-state index in [1.54, 1.807) is 6.20 Å². The van der Waals surface area contributed by atoms with Gasteiger partial charge in [0, 0.05) is 31.4 Å². The van der Waals surface area contributed by atoms with Gasteiger partial charge in [-0.3, -0.25) is 9.69 Å². The maximum absolute atomic E-state index is 13.1. The summed E-state index contributed by atoms with van der Waals surface area (Å²) in [6, 6.07) is 3.82. The first-order chi connectivity index (χ1) is 13.3. The summed E-state index contributed by atoms with van der Waals surface area (Å²) in [7, 11) is 0. The number of anilines is 1. The quantitative estimate of drug-likeness (QED) is 0.860. The molecule has 1 aliphatic carbocycles. The average Bonchev–Trinajstić information content (AvgIpc) is 3.28. The van der Waals surface area contributed by atoms with Gasteiger partial charge in [0.25, 0.3) is 5.91 Å². The highest BCUT2D eigenvalue weighted by Crippen LogP contribution is 2.35. The molecule has 0 spiro atoms. The Morgan fingerprint density at radius 2 is 1.63 bits per heavy atom. The Morgan fingerprint density at radius 3 is 2.37 bits per heavy atom. The van der Waals surface area contributed by atoms with E-state index in [1.165, 1.54) is 77.3 Å². The van der Waals surface area contributed by atoms with Crippen molar-refractivity contribution in [3.8, 4) is 0 Å². The van der Waals surface area contributed by atoms with Gasteiger partial charge in [-0.05, 0) is 63.7 Å². The molecule has 148 valence electrons. The van der Waals surface area contributed by atoms with Gasteiger partial charge in [-0.15, -0.1) is 0 Å². The van der Waals surface area contributed by atoms with Gasteiger partial charge in [-0.1, -0.05) is 25.7 Å². The molecule has 2 saturated heterocycles. The van der Waals surface area contributed by atoms with Crippen LogP contribution in [0.5, 0.6) is 0 Å². The zero-order valence-corrected chi connectivity index (χ0v) is 16.6. The predicted octanol–water partition coefficient (Wildman–Crippen LogP) is 3.60. The summed E-state index contributed by atoms with van der Waals surface area (Å²) in [5.41, 5.74) is 0.911. The molecule has 5 nitrogen and oxygen atoms in total. The maximum Gasteiger partial charge on any atom is 0.255 e. The monoisotopic (exact) mass is 370 g/mol. The van der Waals surface area contributed by atoms with Crippen LogP contribution in [0.15, 0.2) is 18.3 Å². The second-order valence-corrected chi connectivity index (χ2v) is 8.58. The van der Waals surface area contributed by atoms with Crippen molar-refractivity contribution in [2.24, 2.45) is 0 Å². The molecule has 1 saturated carbocycles. The fourth-order valence-corrected chi connectivity index (χ4v) is 5.28. The highest BCUT2D eigenvalue weighted by atomic mass is 16.1. The Bertz CT molecular complexity index is 629. The molecule has 5 heteroatoms. The molecule has 0 atom stereocenters. The van der Waals surface area contributed by atoms with Crippen LogP contribution in [-0.4, -0.2) is 54.1 Å². The van der Waals surface area contributed by atoms with Gasteiger partial charge >= 0.3 is 0 Å². The minimum atomic E-state index is 0.0481. The third-order valence-electron chi connectivity index (χ3n) is 6.83. The summed E-state index contributed by atoms with van der Waals surface area (Å²) in [5, 5.41) is 3.32. The highest BCUT2D eigenvalue weighted by Gasteiger charge is 2.38. The molecule has 0 unspecified atom stereocenters. The van der Waals surface area contributed by atoms with Crippen molar-refractivity contribution in [1.82, 2.24) is 15.2 Å². The van der Waals surface area contributed by atoms with Crippen LogP contribution >= 0.6 is 0 Å². The Morgan fingerprint density at radius 1 is 0.963 bits per heavy atom. The van der Waals surface area contributed by atoms with Crippen molar-refractivity contribution >= 4 is 11.7 Å². The highest BCUT2D eigenvalue weighted by molar-refractivity contribution is 5.99. The second-order valence-electron chi connectivity index (χ2n) is 8.58. The van der Waals surface area contributed by atoms with Crippen LogP contribution in [0, 0.1) is 0 Å². The number of aromatic nitrogens is 1. The van der Waals surface area contributed by atoms with E-state index in [-0.39, 0.29) is 11.4 Å². The van der Waals surface area contributed by atoms with Crippen molar-refractivity contribution in [1.29, 1.82) is 0 Å². The molecule has 1 amide bonds. The Hall–Kier alpha value is -1.62. The zero-order chi connectivity index (χ0) is 18.5. The van der Waals surface area contributed by atoms with E-state index in [1.807, 2.05) is 12.1 Å². The molecule has 27 heavy (non-hydrogen) atoms. The van der Waals surface area contributed by atoms with Crippen molar-refractivity contribution in [2.45, 2.75) is 69.7 Å². The summed E-state index contributed by atoms with van der Waals surface area (Å²) in [4.78, 5) is 22.6. The Labute approximate surface area is 163 Å². The largest absolute Gasteiger partial charge is 0.356 e. The molecule has 1 aromatic rings. The fourth-order valence-electron chi connectivity index (χ4n) is 5.28. The number of piperidine rings is 1. The van der Waals surface area contributed by atoms with Crippen molar-refractivity contribution in [2.75, 3.05) is 37.6 Å². The average molecular weight is 371 g/mol. The number of carbonyl (C=O) groups is 1. The number of likely N-dealkylation sites (tertiary alicyclic amines) is 1. The standard InChI is InChI=1S/C22H34N4O/c27-21(19-10-9-13-23-20(19)25-14-7-8-15-25)24-18-22(11-3-1-4-12-22)26-16-5-2-6-17-26/h9-10,13H,1-8,11-12,14-18H2,(H,24,27). The molecule has 1 N–H and O–H groups in total. The van der Waals surface area contributed by atoms with Gasteiger partial charge in [-0.25, -0.2) is 4.98 Å². The molecule has 3 heterocycles. The molecule has 3 fully saturated rings. The molecule has 0 radical (unpaired) electrons. The summed E-state index contributed by atoms with van der Waals surface area (Å²) in [6.07, 6.45) is 14.5. The number of nitrogens with zero attached hydrogens (tertiary/aromatic N) is 3. The van der Waals surface area contributed by atoms with E-state index in [0.29, 0.717) is 0 Å². The number of hydrogen-bond donors (Lipinski definition) is 1. The second kappa shape index (κ2) is 8.59. The SMILES string of the molecule is O=C(NCC1(N2CCCCC2)CCCCC1)c1cccnc1N1CCCC1. The van der Waals surface area contributed by atoms with Crippen molar-refractivity contribution < 1.29 is 4.79 Å². The van der Waals surface area contributed by atoms with Crippen LogP contribution in [0.3, 0.4) is 0 Å². The first-order valence-corrected chi connectivity index (χ1v) is 11.0.